The minimum atomic E-state index is -1.63. The molecule has 2 aliphatic carbocycles. The summed E-state index contributed by atoms with van der Waals surface area (Å²) in [5.41, 5.74) is -2.93. The van der Waals surface area contributed by atoms with Gasteiger partial charge in [0.05, 0.1) is 12.2 Å². The lowest BCUT2D eigenvalue weighted by atomic mass is 9.42. The SMILES string of the molecule is C=C[C@@H](C)CC(=O)[C@]1(O)[C@@H](C)C[C@H](O)[C@H]2C(C)(C)CC[C@@H](O)[C@@]21C. The molecule has 0 aliphatic heterocycles. The number of hydrogen-bond donors (Lipinski definition) is 3. The number of hydrogen-bond acceptors (Lipinski definition) is 4. The quantitative estimate of drug-likeness (QED) is 0.689. The molecule has 2 aliphatic rings. The van der Waals surface area contributed by atoms with Gasteiger partial charge in [0, 0.05) is 17.8 Å². The third-order valence-corrected chi connectivity index (χ3v) is 7.09. The summed E-state index contributed by atoms with van der Waals surface area (Å²) in [7, 11) is 0. The van der Waals surface area contributed by atoms with E-state index < -0.39 is 29.1 Å². The van der Waals surface area contributed by atoms with Crippen molar-refractivity contribution in [1.29, 1.82) is 0 Å². The molecule has 0 radical (unpaired) electrons. The van der Waals surface area contributed by atoms with E-state index in [1.165, 1.54) is 0 Å². The Morgan fingerprint density at radius 2 is 1.92 bits per heavy atom. The van der Waals surface area contributed by atoms with E-state index in [4.69, 9.17) is 0 Å². The lowest BCUT2D eigenvalue weighted by molar-refractivity contribution is -0.266. The van der Waals surface area contributed by atoms with Gasteiger partial charge in [-0.2, -0.15) is 0 Å². The van der Waals surface area contributed by atoms with Crippen molar-refractivity contribution in [2.45, 2.75) is 78.1 Å². The number of allylic oxidation sites excluding steroid dienone is 1. The number of rotatable bonds is 4. The van der Waals surface area contributed by atoms with Gasteiger partial charge in [-0.1, -0.05) is 40.7 Å². The maximum Gasteiger partial charge on any atom is 0.165 e. The molecule has 3 N–H and O–H groups in total. The lowest BCUT2D eigenvalue weighted by Gasteiger charge is -2.65. The number of aliphatic hydroxyl groups is 3. The van der Waals surface area contributed by atoms with Crippen LogP contribution in [0.25, 0.3) is 0 Å². The molecule has 0 heterocycles. The average Bonchev–Trinajstić information content (AvgIpc) is 2.48. The van der Waals surface area contributed by atoms with Crippen LogP contribution in [0.4, 0.5) is 0 Å². The molecule has 0 spiro atoms. The van der Waals surface area contributed by atoms with Crippen LogP contribution in [0, 0.1) is 28.6 Å². The number of ketones is 1. The molecule has 0 aromatic rings. The zero-order valence-corrected chi connectivity index (χ0v) is 15.7. The Kier molecular flexibility index (Phi) is 5.09. The second kappa shape index (κ2) is 6.22. The summed E-state index contributed by atoms with van der Waals surface area (Å²) < 4.78 is 0. The van der Waals surface area contributed by atoms with Gasteiger partial charge in [0.15, 0.2) is 5.78 Å². The fourth-order valence-electron chi connectivity index (χ4n) is 5.70. The predicted molar refractivity (Wildman–Crippen MR) is 94.3 cm³/mol. The molecule has 4 nitrogen and oxygen atoms in total. The van der Waals surface area contributed by atoms with E-state index in [1.54, 1.807) is 13.0 Å². The van der Waals surface area contributed by atoms with Crippen LogP contribution in [-0.2, 0) is 4.79 Å². The molecule has 2 rings (SSSR count). The second-order valence-electron chi connectivity index (χ2n) is 9.11. The standard InChI is InChI=1S/C20H34O4/c1-7-12(2)10-16(23)20(24)13(3)11-14(21)17-18(4,5)9-8-15(22)19(17,20)6/h7,12-15,17,21-22,24H,1,8-11H2,2-6H3/t12-,13+,14+,15-,17+,19+,20-/m1/s1. The first-order valence-electron chi connectivity index (χ1n) is 9.17. The van der Waals surface area contributed by atoms with Gasteiger partial charge >= 0.3 is 0 Å². The van der Waals surface area contributed by atoms with Gasteiger partial charge in [0.1, 0.15) is 5.60 Å². The summed E-state index contributed by atoms with van der Waals surface area (Å²) in [6.45, 7) is 13.4. The van der Waals surface area contributed by atoms with Crippen LogP contribution in [-0.4, -0.2) is 38.9 Å². The van der Waals surface area contributed by atoms with Crippen molar-refractivity contribution in [2.75, 3.05) is 0 Å². The maximum absolute atomic E-state index is 13.1. The Hall–Kier alpha value is -0.710. The lowest BCUT2D eigenvalue weighted by Crippen LogP contribution is -2.73. The van der Waals surface area contributed by atoms with Gasteiger partial charge in [0.2, 0.25) is 0 Å². The van der Waals surface area contributed by atoms with Crippen molar-refractivity contribution in [3.05, 3.63) is 12.7 Å². The minimum Gasteiger partial charge on any atom is -0.393 e. The first-order chi connectivity index (χ1) is 10.9. The molecule has 0 bridgehead atoms. The molecular formula is C20H34O4. The molecule has 0 amide bonds. The van der Waals surface area contributed by atoms with Gasteiger partial charge in [0.25, 0.3) is 0 Å². The van der Waals surface area contributed by atoms with Gasteiger partial charge in [-0.15, -0.1) is 6.58 Å². The zero-order chi connectivity index (χ0) is 18.5. The minimum absolute atomic E-state index is 0.0311. The first-order valence-corrected chi connectivity index (χ1v) is 9.17. The summed E-state index contributed by atoms with van der Waals surface area (Å²) in [5.74, 6) is -0.991. The van der Waals surface area contributed by atoms with Crippen LogP contribution >= 0.6 is 0 Å². The normalized spacial score (nSPS) is 46.0. The molecule has 0 aromatic heterocycles. The molecule has 0 aromatic carbocycles. The van der Waals surface area contributed by atoms with Crippen LogP contribution in [0.3, 0.4) is 0 Å². The Morgan fingerprint density at radius 3 is 2.46 bits per heavy atom. The molecule has 138 valence electrons. The third kappa shape index (κ3) is 2.58. The van der Waals surface area contributed by atoms with Gasteiger partial charge in [-0.3, -0.25) is 4.79 Å². The molecule has 0 unspecified atom stereocenters. The summed E-state index contributed by atoms with van der Waals surface area (Å²) >= 11 is 0. The molecule has 2 saturated carbocycles. The Morgan fingerprint density at radius 1 is 1.33 bits per heavy atom. The first kappa shape index (κ1) is 19.6. The van der Waals surface area contributed by atoms with Crippen LogP contribution in [0.2, 0.25) is 0 Å². The van der Waals surface area contributed by atoms with Gasteiger partial charge < -0.3 is 15.3 Å². The molecular weight excluding hydrogens is 304 g/mol. The van der Waals surface area contributed by atoms with Crippen LogP contribution < -0.4 is 0 Å². The summed E-state index contributed by atoms with van der Waals surface area (Å²) in [5, 5.41) is 33.3. The summed E-state index contributed by atoms with van der Waals surface area (Å²) in [4.78, 5) is 13.1. The van der Waals surface area contributed by atoms with Crippen molar-refractivity contribution < 1.29 is 20.1 Å². The fourth-order valence-corrected chi connectivity index (χ4v) is 5.70. The van der Waals surface area contributed by atoms with E-state index in [0.717, 1.165) is 6.42 Å². The van der Waals surface area contributed by atoms with Crippen LogP contribution in [0.15, 0.2) is 12.7 Å². The van der Waals surface area contributed by atoms with Crippen molar-refractivity contribution >= 4 is 5.78 Å². The van der Waals surface area contributed by atoms with Crippen LogP contribution in [0.5, 0.6) is 0 Å². The Balaban J connectivity index is 2.56. The predicted octanol–water partition coefficient (Wildman–Crippen LogP) is 2.70. The molecule has 0 saturated heterocycles. The van der Waals surface area contributed by atoms with E-state index in [0.29, 0.717) is 12.8 Å². The van der Waals surface area contributed by atoms with E-state index in [-0.39, 0.29) is 29.5 Å². The van der Waals surface area contributed by atoms with Crippen molar-refractivity contribution in [1.82, 2.24) is 0 Å². The van der Waals surface area contributed by atoms with Crippen LogP contribution in [0.1, 0.15) is 60.3 Å². The highest BCUT2D eigenvalue weighted by Gasteiger charge is 2.69. The Bertz CT molecular complexity index is 514. The topological polar surface area (TPSA) is 77.8 Å². The van der Waals surface area contributed by atoms with Crippen molar-refractivity contribution in [3.63, 3.8) is 0 Å². The average molecular weight is 338 g/mol. The van der Waals surface area contributed by atoms with Gasteiger partial charge in [-0.25, -0.2) is 0 Å². The van der Waals surface area contributed by atoms with Gasteiger partial charge in [-0.05, 0) is 36.5 Å². The van der Waals surface area contributed by atoms with E-state index in [9.17, 15) is 20.1 Å². The van der Waals surface area contributed by atoms with Crippen molar-refractivity contribution in [3.8, 4) is 0 Å². The van der Waals surface area contributed by atoms with E-state index in [2.05, 4.69) is 20.4 Å². The summed E-state index contributed by atoms with van der Waals surface area (Å²) in [6, 6.07) is 0. The number of carbonyl (C=O) groups excluding carboxylic acids is 1. The molecule has 2 fully saturated rings. The number of Topliss-reactive ketones (excluding diaryl/α,β-unsaturated/α-hetero) is 1. The number of carbonyl (C=O) groups is 1. The number of fused-ring (bicyclic) bond motifs is 1. The zero-order valence-electron chi connectivity index (χ0n) is 15.7. The second-order valence-corrected chi connectivity index (χ2v) is 9.11. The monoisotopic (exact) mass is 338 g/mol. The Labute approximate surface area is 146 Å². The highest BCUT2D eigenvalue weighted by Crippen LogP contribution is 2.63. The fraction of sp³-hybridized carbons (Fsp3) is 0.850. The van der Waals surface area contributed by atoms with Crippen molar-refractivity contribution in [2.24, 2.45) is 28.6 Å². The molecule has 4 heteroatoms. The highest BCUT2D eigenvalue weighted by molar-refractivity contribution is 5.89. The summed E-state index contributed by atoms with van der Waals surface area (Å²) in [6.07, 6.45) is 2.17. The van der Waals surface area contributed by atoms with E-state index >= 15 is 0 Å². The largest absolute Gasteiger partial charge is 0.393 e. The molecule has 24 heavy (non-hydrogen) atoms. The smallest absolute Gasteiger partial charge is 0.165 e. The number of aliphatic hydroxyl groups excluding tert-OH is 2. The highest BCUT2D eigenvalue weighted by atomic mass is 16.3. The van der Waals surface area contributed by atoms with E-state index in [1.807, 2.05) is 13.8 Å². The maximum atomic E-state index is 13.1. The molecule has 7 atom stereocenters. The third-order valence-electron chi connectivity index (χ3n) is 7.09.